The number of guanidine groups is 1. The van der Waals surface area contributed by atoms with E-state index in [0.29, 0.717) is 38.1 Å². The summed E-state index contributed by atoms with van der Waals surface area (Å²) in [5.41, 5.74) is 1.05. The first-order valence-corrected chi connectivity index (χ1v) is 9.34. The summed E-state index contributed by atoms with van der Waals surface area (Å²) in [6, 6.07) is 7.77. The second-order valence-electron chi connectivity index (χ2n) is 6.51. The van der Waals surface area contributed by atoms with Crippen molar-refractivity contribution in [2.75, 3.05) is 31.6 Å². The second kappa shape index (κ2) is 11.1. The molecule has 0 spiro atoms. The number of nitrogens with zero attached hydrogens (tertiary/aromatic N) is 3. The van der Waals surface area contributed by atoms with Crippen LogP contribution in [0.5, 0.6) is 5.88 Å². The molecule has 6 nitrogen and oxygen atoms in total. The number of para-hydroxylation sites is 1. The fraction of sp³-hybridized carbons (Fsp3) is 0.400. The van der Waals surface area contributed by atoms with Gasteiger partial charge in [-0.15, -0.1) is 24.0 Å². The number of rotatable bonds is 6. The molecular formula is C20H26F2IN5O. The summed E-state index contributed by atoms with van der Waals surface area (Å²) in [4.78, 5) is 10.1. The molecule has 29 heavy (non-hydrogen) atoms. The number of benzene rings is 1. The molecule has 1 unspecified atom stereocenters. The van der Waals surface area contributed by atoms with Crippen LogP contribution < -0.4 is 20.3 Å². The fourth-order valence-corrected chi connectivity index (χ4v) is 3.23. The van der Waals surface area contributed by atoms with E-state index in [9.17, 15) is 8.78 Å². The summed E-state index contributed by atoms with van der Waals surface area (Å²) in [6.07, 6.45) is 2.47. The Kier molecular flexibility index (Phi) is 8.87. The molecule has 1 atom stereocenters. The summed E-state index contributed by atoms with van der Waals surface area (Å²) in [5, 5.41) is 6.57. The Hall–Kier alpha value is -2.17. The first kappa shape index (κ1) is 23.1. The van der Waals surface area contributed by atoms with Crippen molar-refractivity contribution in [3.8, 4) is 5.88 Å². The quantitative estimate of drug-likeness (QED) is 0.350. The third-order valence-corrected chi connectivity index (χ3v) is 4.56. The van der Waals surface area contributed by atoms with E-state index in [1.807, 2.05) is 19.1 Å². The molecule has 0 radical (unpaired) electrons. The smallest absolute Gasteiger partial charge is 0.213 e. The third-order valence-electron chi connectivity index (χ3n) is 4.56. The van der Waals surface area contributed by atoms with Crippen molar-refractivity contribution in [3.05, 3.63) is 53.7 Å². The first-order valence-electron chi connectivity index (χ1n) is 9.34. The Bertz CT molecular complexity index is 816. The van der Waals surface area contributed by atoms with Gasteiger partial charge in [-0.1, -0.05) is 6.07 Å². The van der Waals surface area contributed by atoms with Crippen molar-refractivity contribution in [1.82, 2.24) is 15.6 Å². The van der Waals surface area contributed by atoms with Gasteiger partial charge in [0.1, 0.15) is 17.3 Å². The molecule has 1 aliphatic rings. The van der Waals surface area contributed by atoms with E-state index < -0.39 is 11.6 Å². The Morgan fingerprint density at radius 3 is 2.76 bits per heavy atom. The average Bonchev–Trinajstić information content (AvgIpc) is 3.13. The van der Waals surface area contributed by atoms with Crippen LogP contribution in [0.2, 0.25) is 0 Å². The monoisotopic (exact) mass is 517 g/mol. The molecule has 2 aromatic rings. The van der Waals surface area contributed by atoms with E-state index in [1.54, 1.807) is 18.1 Å². The van der Waals surface area contributed by atoms with E-state index >= 15 is 0 Å². The molecule has 9 heteroatoms. The Morgan fingerprint density at radius 2 is 2.07 bits per heavy atom. The molecule has 1 saturated heterocycles. The van der Waals surface area contributed by atoms with Crippen LogP contribution in [0.25, 0.3) is 0 Å². The van der Waals surface area contributed by atoms with Crippen molar-refractivity contribution in [2.24, 2.45) is 4.99 Å². The summed E-state index contributed by atoms with van der Waals surface area (Å²) >= 11 is 0. The van der Waals surface area contributed by atoms with Crippen LogP contribution in [0.15, 0.2) is 41.5 Å². The van der Waals surface area contributed by atoms with Crippen molar-refractivity contribution >= 4 is 35.6 Å². The minimum atomic E-state index is -0.536. The molecular weight excluding hydrogens is 491 g/mol. The molecule has 1 fully saturated rings. The Balaban J connectivity index is 0.00000300. The highest BCUT2D eigenvalue weighted by atomic mass is 127. The van der Waals surface area contributed by atoms with Gasteiger partial charge in [0.05, 0.1) is 6.61 Å². The minimum absolute atomic E-state index is 0. The van der Waals surface area contributed by atoms with Crippen LogP contribution in [-0.4, -0.2) is 43.7 Å². The lowest BCUT2D eigenvalue weighted by Gasteiger charge is -2.21. The fourth-order valence-electron chi connectivity index (χ4n) is 3.23. The van der Waals surface area contributed by atoms with Gasteiger partial charge in [0.2, 0.25) is 5.88 Å². The molecule has 2 heterocycles. The first-order chi connectivity index (χ1) is 13.6. The van der Waals surface area contributed by atoms with Crippen molar-refractivity contribution in [1.29, 1.82) is 0 Å². The van der Waals surface area contributed by atoms with Crippen LogP contribution in [0, 0.1) is 11.6 Å². The van der Waals surface area contributed by atoms with Crippen LogP contribution in [0.1, 0.15) is 18.9 Å². The Morgan fingerprint density at radius 1 is 1.31 bits per heavy atom. The van der Waals surface area contributed by atoms with Gasteiger partial charge < -0.3 is 20.3 Å². The van der Waals surface area contributed by atoms with Crippen LogP contribution >= 0.6 is 24.0 Å². The molecule has 0 aliphatic carbocycles. The highest BCUT2D eigenvalue weighted by Crippen LogP contribution is 2.26. The molecule has 0 amide bonds. The standard InChI is InChI=1S/C20H25F2N5O.HI/c1-3-28-18-11-14(7-9-24-18)12-25-20(23-2)26-15-8-10-27(13-15)19-16(21)5-4-6-17(19)22;/h4-7,9,11,15H,3,8,10,12-13H2,1-2H3,(H2,23,25,26);1H. The predicted molar refractivity (Wildman–Crippen MR) is 121 cm³/mol. The third kappa shape index (κ3) is 6.15. The predicted octanol–water partition coefficient (Wildman–Crippen LogP) is 3.32. The molecule has 1 aromatic carbocycles. The van der Waals surface area contributed by atoms with Gasteiger partial charge in [0.25, 0.3) is 0 Å². The molecule has 2 N–H and O–H groups in total. The molecule has 158 valence electrons. The number of nitrogens with one attached hydrogen (secondary N) is 2. The van der Waals surface area contributed by atoms with Gasteiger partial charge in [0.15, 0.2) is 5.96 Å². The van der Waals surface area contributed by atoms with Gasteiger partial charge in [-0.25, -0.2) is 13.8 Å². The van der Waals surface area contributed by atoms with Crippen LogP contribution in [-0.2, 0) is 6.54 Å². The summed E-state index contributed by atoms with van der Waals surface area (Å²) in [6.45, 7) is 4.11. The van der Waals surface area contributed by atoms with E-state index in [0.717, 1.165) is 12.0 Å². The molecule has 1 aromatic heterocycles. The second-order valence-corrected chi connectivity index (χ2v) is 6.51. The van der Waals surface area contributed by atoms with Crippen LogP contribution in [0.3, 0.4) is 0 Å². The number of halogens is 3. The number of ether oxygens (including phenoxy) is 1. The maximum Gasteiger partial charge on any atom is 0.213 e. The van der Waals surface area contributed by atoms with Crippen molar-refractivity contribution in [2.45, 2.75) is 25.9 Å². The number of hydrogen-bond acceptors (Lipinski definition) is 4. The normalized spacial score (nSPS) is 16.3. The number of pyridine rings is 1. The largest absolute Gasteiger partial charge is 0.478 e. The zero-order valence-corrected chi connectivity index (χ0v) is 18.8. The lowest BCUT2D eigenvalue weighted by molar-refractivity contribution is 0.326. The molecule has 0 bridgehead atoms. The highest BCUT2D eigenvalue weighted by molar-refractivity contribution is 14.0. The number of hydrogen-bond donors (Lipinski definition) is 2. The van der Waals surface area contributed by atoms with E-state index in [4.69, 9.17) is 4.74 Å². The number of anilines is 1. The number of aromatic nitrogens is 1. The number of aliphatic imine (C=N–C) groups is 1. The maximum atomic E-state index is 14.0. The summed E-state index contributed by atoms with van der Waals surface area (Å²) < 4.78 is 33.4. The van der Waals surface area contributed by atoms with E-state index in [-0.39, 0.29) is 35.7 Å². The van der Waals surface area contributed by atoms with Gasteiger partial charge in [0, 0.05) is 45.0 Å². The van der Waals surface area contributed by atoms with Crippen molar-refractivity contribution in [3.63, 3.8) is 0 Å². The van der Waals surface area contributed by atoms with Gasteiger partial charge in [-0.3, -0.25) is 4.99 Å². The minimum Gasteiger partial charge on any atom is -0.478 e. The average molecular weight is 517 g/mol. The molecule has 0 saturated carbocycles. The Labute approximate surface area is 186 Å². The molecule has 1 aliphatic heterocycles. The van der Waals surface area contributed by atoms with Gasteiger partial charge in [-0.2, -0.15) is 0 Å². The van der Waals surface area contributed by atoms with Gasteiger partial charge in [-0.05, 0) is 37.1 Å². The van der Waals surface area contributed by atoms with E-state index in [1.165, 1.54) is 18.2 Å². The molecule has 3 rings (SSSR count). The van der Waals surface area contributed by atoms with E-state index in [2.05, 4.69) is 20.6 Å². The topological polar surface area (TPSA) is 61.8 Å². The zero-order valence-electron chi connectivity index (χ0n) is 16.5. The lowest BCUT2D eigenvalue weighted by atomic mass is 10.2. The van der Waals surface area contributed by atoms with Crippen LogP contribution in [0.4, 0.5) is 14.5 Å². The maximum absolute atomic E-state index is 14.0. The SMILES string of the molecule is CCOc1cc(CNC(=NC)NC2CCN(c3c(F)cccc3F)C2)ccn1.I. The summed E-state index contributed by atoms with van der Waals surface area (Å²) in [7, 11) is 1.69. The van der Waals surface area contributed by atoms with Crippen molar-refractivity contribution < 1.29 is 13.5 Å². The lowest BCUT2D eigenvalue weighted by Crippen LogP contribution is -2.44. The zero-order chi connectivity index (χ0) is 19.9. The highest BCUT2D eigenvalue weighted by Gasteiger charge is 2.27. The summed E-state index contributed by atoms with van der Waals surface area (Å²) in [5.74, 6) is 0.149. The van der Waals surface area contributed by atoms with Gasteiger partial charge >= 0.3 is 0 Å².